The van der Waals surface area contributed by atoms with Crippen molar-refractivity contribution in [2.45, 2.75) is 44.2 Å². The molecule has 0 aliphatic heterocycles. The third kappa shape index (κ3) is 3.16. The van der Waals surface area contributed by atoms with E-state index in [9.17, 15) is 0 Å². The van der Waals surface area contributed by atoms with Crippen molar-refractivity contribution in [3.63, 3.8) is 0 Å². The van der Waals surface area contributed by atoms with E-state index >= 15 is 0 Å². The zero-order valence-corrected chi connectivity index (χ0v) is 12.9. The smallest absolute Gasteiger partial charge is 0.131 e. The molecule has 18 heavy (non-hydrogen) atoms. The number of hydrogen-bond acceptors (Lipinski definition) is 3. The molecular weight excluding hydrogens is 292 g/mol. The fourth-order valence-electron chi connectivity index (χ4n) is 2.85. The van der Waals surface area contributed by atoms with Crippen LogP contribution >= 0.6 is 15.9 Å². The van der Waals surface area contributed by atoms with E-state index in [0.29, 0.717) is 5.54 Å². The summed E-state index contributed by atoms with van der Waals surface area (Å²) >= 11 is 3.49. The summed E-state index contributed by atoms with van der Waals surface area (Å²) in [7, 11) is 4.41. The molecule has 0 bridgehead atoms. The molecule has 1 aromatic rings. The second-order valence-electron chi connectivity index (χ2n) is 5.47. The number of nitrogens with one attached hydrogen (secondary N) is 1. The van der Waals surface area contributed by atoms with Gasteiger partial charge in [-0.15, -0.1) is 0 Å². The predicted molar refractivity (Wildman–Crippen MR) is 77.6 cm³/mol. The van der Waals surface area contributed by atoms with Gasteiger partial charge in [-0.2, -0.15) is 0 Å². The highest BCUT2D eigenvalue weighted by atomic mass is 79.9. The normalized spacial score (nSPS) is 19.3. The predicted octanol–water partition coefficient (Wildman–Crippen LogP) is 3.40. The third-order valence-electron chi connectivity index (χ3n) is 4.16. The van der Waals surface area contributed by atoms with Crippen molar-refractivity contribution in [2.24, 2.45) is 0 Å². The Labute approximate surface area is 118 Å². The molecule has 0 amide bonds. The number of rotatable bonds is 5. The van der Waals surface area contributed by atoms with Crippen molar-refractivity contribution in [1.29, 1.82) is 0 Å². The Kier molecular flexibility index (Phi) is 4.87. The van der Waals surface area contributed by atoms with E-state index in [1.54, 1.807) is 6.26 Å². The number of halogens is 1. The van der Waals surface area contributed by atoms with Crippen LogP contribution in [0.25, 0.3) is 0 Å². The lowest BCUT2D eigenvalue weighted by molar-refractivity contribution is 0.0978. The summed E-state index contributed by atoms with van der Waals surface area (Å²) in [6.07, 6.45) is 8.41. The summed E-state index contributed by atoms with van der Waals surface area (Å²) in [5, 5.41) is 3.56. The molecule has 1 aromatic heterocycles. The number of furan rings is 1. The van der Waals surface area contributed by atoms with Crippen LogP contribution in [0.1, 0.15) is 37.9 Å². The molecule has 0 aromatic carbocycles. The van der Waals surface area contributed by atoms with Gasteiger partial charge in [0.05, 0.1) is 17.3 Å². The molecule has 1 heterocycles. The van der Waals surface area contributed by atoms with Crippen molar-refractivity contribution in [1.82, 2.24) is 10.2 Å². The van der Waals surface area contributed by atoms with E-state index in [0.717, 1.165) is 23.3 Å². The summed E-state index contributed by atoms with van der Waals surface area (Å²) in [6, 6.07) is 1.94. The summed E-state index contributed by atoms with van der Waals surface area (Å²) in [4.78, 5) is 2.40. The van der Waals surface area contributed by atoms with Crippen LogP contribution in [-0.2, 0) is 6.54 Å². The first-order valence-electron chi connectivity index (χ1n) is 6.74. The summed E-state index contributed by atoms with van der Waals surface area (Å²) in [5.41, 5.74) is 0.331. The number of nitrogens with zero attached hydrogens (tertiary/aromatic N) is 1. The molecule has 4 heteroatoms. The Morgan fingerprint density at radius 2 is 2.06 bits per heavy atom. The molecule has 0 saturated heterocycles. The average Bonchev–Trinajstić information content (AvgIpc) is 2.76. The average molecular weight is 315 g/mol. The van der Waals surface area contributed by atoms with Gasteiger partial charge in [0, 0.05) is 12.1 Å². The molecule has 1 fully saturated rings. The van der Waals surface area contributed by atoms with Gasteiger partial charge >= 0.3 is 0 Å². The molecule has 0 spiro atoms. The first-order valence-corrected chi connectivity index (χ1v) is 7.53. The maximum absolute atomic E-state index is 5.42. The van der Waals surface area contributed by atoms with E-state index in [4.69, 9.17) is 4.42 Å². The van der Waals surface area contributed by atoms with E-state index in [1.165, 1.54) is 32.1 Å². The Bertz CT molecular complexity index is 370. The van der Waals surface area contributed by atoms with E-state index in [2.05, 4.69) is 40.2 Å². The standard InChI is InChI=1S/C14H23BrN2O/c1-17(2)14(7-4-3-5-8-14)11-16-10-13-12(15)6-9-18-13/h6,9,16H,3-5,7-8,10-11H2,1-2H3. The fraction of sp³-hybridized carbons (Fsp3) is 0.714. The maximum atomic E-state index is 5.42. The first kappa shape index (κ1) is 14.1. The minimum Gasteiger partial charge on any atom is -0.467 e. The lowest BCUT2D eigenvalue weighted by Gasteiger charge is -2.43. The van der Waals surface area contributed by atoms with Crippen LogP contribution in [-0.4, -0.2) is 31.1 Å². The molecule has 0 radical (unpaired) electrons. The van der Waals surface area contributed by atoms with E-state index in [1.807, 2.05) is 6.07 Å². The van der Waals surface area contributed by atoms with Gasteiger partial charge in [-0.1, -0.05) is 19.3 Å². The van der Waals surface area contributed by atoms with Crippen molar-refractivity contribution < 1.29 is 4.42 Å². The molecule has 102 valence electrons. The molecule has 1 aliphatic carbocycles. The topological polar surface area (TPSA) is 28.4 Å². The van der Waals surface area contributed by atoms with Gasteiger partial charge < -0.3 is 14.6 Å². The first-order chi connectivity index (χ1) is 8.64. The molecule has 3 nitrogen and oxygen atoms in total. The third-order valence-corrected chi connectivity index (χ3v) is 4.87. The Hall–Kier alpha value is -0.320. The molecule has 1 saturated carbocycles. The zero-order valence-electron chi connectivity index (χ0n) is 11.3. The highest BCUT2D eigenvalue weighted by molar-refractivity contribution is 9.10. The zero-order chi connectivity index (χ0) is 13.0. The second kappa shape index (κ2) is 6.22. The van der Waals surface area contributed by atoms with Crippen molar-refractivity contribution in [3.8, 4) is 0 Å². The van der Waals surface area contributed by atoms with Gasteiger partial charge in [-0.25, -0.2) is 0 Å². The van der Waals surface area contributed by atoms with Gasteiger partial charge in [0.25, 0.3) is 0 Å². The minimum absolute atomic E-state index is 0.331. The van der Waals surface area contributed by atoms with Crippen LogP contribution in [0, 0.1) is 0 Å². The summed E-state index contributed by atoms with van der Waals surface area (Å²) in [5.74, 6) is 0.986. The van der Waals surface area contributed by atoms with Gasteiger partial charge in [0.15, 0.2) is 0 Å². The summed E-state index contributed by atoms with van der Waals surface area (Å²) in [6.45, 7) is 1.83. The van der Waals surface area contributed by atoms with Crippen LogP contribution in [0.4, 0.5) is 0 Å². The van der Waals surface area contributed by atoms with E-state index < -0.39 is 0 Å². The van der Waals surface area contributed by atoms with Gasteiger partial charge in [0.1, 0.15) is 5.76 Å². The van der Waals surface area contributed by atoms with E-state index in [-0.39, 0.29) is 0 Å². The monoisotopic (exact) mass is 314 g/mol. The molecular formula is C14H23BrN2O. The van der Waals surface area contributed by atoms with Crippen LogP contribution in [0.3, 0.4) is 0 Å². The quantitative estimate of drug-likeness (QED) is 0.903. The lowest BCUT2D eigenvalue weighted by Crippen LogP contribution is -2.52. The molecule has 0 unspecified atom stereocenters. The highest BCUT2D eigenvalue weighted by Crippen LogP contribution is 2.31. The SMILES string of the molecule is CN(C)C1(CNCc2occc2Br)CCCCC1. The van der Waals surface area contributed by atoms with Crippen LogP contribution in [0.2, 0.25) is 0 Å². The molecule has 1 N–H and O–H groups in total. The largest absolute Gasteiger partial charge is 0.467 e. The minimum atomic E-state index is 0.331. The lowest BCUT2D eigenvalue weighted by atomic mass is 9.80. The van der Waals surface area contributed by atoms with Crippen LogP contribution in [0.5, 0.6) is 0 Å². The van der Waals surface area contributed by atoms with Gasteiger partial charge in [-0.3, -0.25) is 0 Å². The summed E-state index contributed by atoms with van der Waals surface area (Å²) < 4.78 is 6.48. The molecule has 2 rings (SSSR count). The highest BCUT2D eigenvalue weighted by Gasteiger charge is 2.33. The number of likely N-dealkylation sites (N-methyl/N-ethyl adjacent to an activating group) is 1. The second-order valence-corrected chi connectivity index (χ2v) is 6.33. The van der Waals surface area contributed by atoms with Crippen molar-refractivity contribution >= 4 is 15.9 Å². The number of hydrogen-bond donors (Lipinski definition) is 1. The molecule has 1 aliphatic rings. The Morgan fingerprint density at radius 1 is 1.33 bits per heavy atom. The molecule has 0 atom stereocenters. The van der Waals surface area contributed by atoms with Gasteiger partial charge in [-0.05, 0) is 48.9 Å². The van der Waals surface area contributed by atoms with Crippen molar-refractivity contribution in [3.05, 3.63) is 22.6 Å². The van der Waals surface area contributed by atoms with Crippen LogP contribution in [0.15, 0.2) is 21.2 Å². The fourth-order valence-corrected chi connectivity index (χ4v) is 3.19. The maximum Gasteiger partial charge on any atom is 0.131 e. The van der Waals surface area contributed by atoms with Crippen molar-refractivity contribution in [2.75, 3.05) is 20.6 Å². The Morgan fingerprint density at radius 3 is 2.61 bits per heavy atom. The van der Waals surface area contributed by atoms with Crippen LogP contribution < -0.4 is 5.32 Å². The Balaban J connectivity index is 1.88. The van der Waals surface area contributed by atoms with Gasteiger partial charge in [0.2, 0.25) is 0 Å².